The van der Waals surface area contributed by atoms with E-state index in [1.54, 1.807) is 0 Å². The Kier molecular flexibility index (Phi) is 6.09. The Balaban J connectivity index is 1.50. The van der Waals surface area contributed by atoms with Crippen LogP contribution in [0.3, 0.4) is 0 Å². The molecule has 5 rings (SSSR count). The van der Waals surface area contributed by atoms with Gasteiger partial charge < -0.3 is 4.90 Å². The van der Waals surface area contributed by atoms with Gasteiger partial charge in [-0.3, -0.25) is 0 Å². The van der Waals surface area contributed by atoms with Gasteiger partial charge in [-0.1, -0.05) is 103 Å². The lowest BCUT2D eigenvalue weighted by atomic mass is 9.98. The summed E-state index contributed by atoms with van der Waals surface area (Å²) >= 11 is 0. The topological polar surface area (TPSA) is 3.24 Å². The summed E-state index contributed by atoms with van der Waals surface area (Å²) < 4.78 is 0. The zero-order chi connectivity index (χ0) is 23.3. The predicted molar refractivity (Wildman–Crippen MR) is 147 cm³/mol. The van der Waals surface area contributed by atoms with Crippen LogP contribution in [0.1, 0.15) is 11.1 Å². The van der Waals surface area contributed by atoms with Crippen molar-refractivity contribution in [2.24, 2.45) is 0 Å². The molecule has 0 spiro atoms. The zero-order valence-corrected chi connectivity index (χ0v) is 19.4. The summed E-state index contributed by atoms with van der Waals surface area (Å²) in [4.78, 5) is 2.28. The number of hydrogen-bond acceptors (Lipinski definition) is 1. The first-order chi connectivity index (χ1) is 16.7. The molecule has 5 aromatic rings. The number of hydrogen-bond donors (Lipinski definition) is 0. The highest BCUT2D eigenvalue weighted by Crippen LogP contribution is 2.36. The lowest BCUT2D eigenvalue weighted by Gasteiger charge is -2.25. The second-order valence-corrected chi connectivity index (χ2v) is 8.46. The average Bonchev–Trinajstić information content (AvgIpc) is 2.90. The molecular weight excluding hydrogens is 410 g/mol. The van der Waals surface area contributed by atoms with E-state index in [4.69, 9.17) is 0 Å². The molecule has 0 saturated carbocycles. The van der Waals surface area contributed by atoms with Crippen LogP contribution in [0.15, 0.2) is 134 Å². The molecule has 0 amide bonds. The maximum Gasteiger partial charge on any atom is 0.0462 e. The first kappa shape index (κ1) is 21.5. The van der Waals surface area contributed by atoms with Gasteiger partial charge in [0.1, 0.15) is 0 Å². The second-order valence-electron chi connectivity index (χ2n) is 8.46. The molecule has 164 valence electrons. The summed E-state index contributed by atoms with van der Waals surface area (Å²) in [5.74, 6) is 0. The Morgan fingerprint density at radius 2 is 1.03 bits per heavy atom. The van der Waals surface area contributed by atoms with Crippen molar-refractivity contribution in [1.82, 2.24) is 0 Å². The van der Waals surface area contributed by atoms with Crippen LogP contribution in [-0.2, 0) is 0 Å². The van der Waals surface area contributed by atoms with Crippen LogP contribution in [0.4, 0.5) is 17.1 Å². The highest BCUT2D eigenvalue weighted by atomic mass is 15.1. The molecule has 0 radical (unpaired) electrons. The van der Waals surface area contributed by atoms with Crippen molar-refractivity contribution < 1.29 is 0 Å². The number of nitrogens with zero attached hydrogens (tertiary/aromatic N) is 1. The lowest BCUT2D eigenvalue weighted by Crippen LogP contribution is -2.09. The van der Waals surface area contributed by atoms with Gasteiger partial charge >= 0.3 is 0 Å². The Labute approximate surface area is 202 Å². The van der Waals surface area contributed by atoms with Crippen molar-refractivity contribution in [3.63, 3.8) is 0 Å². The van der Waals surface area contributed by atoms with Gasteiger partial charge in [-0.15, -0.1) is 0 Å². The number of rotatable bonds is 6. The zero-order valence-electron chi connectivity index (χ0n) is 19.4. The van der Waals surface area contributed by atoms with Crippen molar-refractivity contribution in [3.05, 3.63) is 145 Å². The van der Waals surface area contributed by atoms with Crippen molar-refractivity contribution in [3.8, 4) is 22.3 Å². The molecular formula is C33H27N. The van der Waals surface area contributed by atoms with Crippen molar-refractivity contribution in [1.29, 1.82) is 0 Å². The molecule has 0 saturated heterocycles. The predicted octanol–water partition coefficient (Wildman–Crippen LogP) is 9.44. The molecule has 0 fully saturated rings. The van der Waals surface area contributed by atoms with Crippen LogP contribution in [0.25, 0.3) is 28.3 Å². The van der Waals surface area contributed by atoms with Crippen LogP contribution >= 0.6 is 0 Å². The van der Waals surface area contributed by atoms with Gasteiger partial charge in [0, 0.05) is 17.1 Å². The third kappa shape index (κ3) is 4.55. The van der Waals surface area contributed by atoms with Crippen LogP contribution < -0.4 is 4.90 Å². The summed E-state index contributed by atoms with van der Waals surface area (Å²) in [6, 6.07) is 45.2. The maximum atomic E-state index is 3.88. The molecule has 0 aromatic heterocycles. The molecule has 0 unspecified atom stereocenters. The molecule has 1 nitrogen and oxygen atoms in total. The molecule has 0 aliphatic carbocycles. The standard InChI is InChI=1S/C33H27N/c1-3-26-15-19-32(20-16-26)34(31-13-5-4-6-14-31)33-21-17-27(18-22-33)29-11-8-12-30(24-29)28-10-7-9-25(2)23-28/h3-24H,1H2,2H3. The fraction of sp³-hybridized carbons (Fsp3) is 0.0303. The van der Waals surface area contributed by atoms with E-state index in [1.165, 1.54) is 27.8 Å². The van der Waals surface area contributed by atoms with E-state index >= 15 is 0 Å². The van der Waals surface area contributed by atoms with E-state index in [1.807, 2.05) is 12.1 Å². The van der Waals surface area contributed by atoms with E-state index in [9.17, 15) is 0 Å². The lowest BCUT2D eigenvalue weighted by molar-refractivity contribution is 1.28. The second kappa shape index (κ2) is 9.64. The third-order valence-corrected chi connectivity index (χ3v) is 6.07. The Morgan fingerprint density at radius 3 is 1.65 bits per heavy atom. The summed E-state index contributed by atoms with van der Waals surface area (Å²) in [7, 11) is 0. The molecule has 0 aliphatic heterocycles. The molecule has 0 N–H and O–H groups in total. The van der Waals surface area contributed by atoms with Crippen molar-refractivity contribution >= 4 is 23.1 Å². The smallest absolute Gasteiger partial charge is 0.0462 e. The fourth-order valence-electron chi connectivity index (χ4n) is 4.29. The van der Waals surface area contributed by atoms with Gasteiger partial charge in [0.05, 0.1) is 0 Å². The molecule has 0 bridgehead atoms. The Bertz CT molecular complexity index is 1400. The summed E-state index contributed by atoms with van der Waals surface area (Å²) in [6.07, 6.45) is 1.87. The highest BCUT2D eigenvalue weighted by molar-refractivity contribution is 5.79. The summed E-state index contributed by atoms with van der Waals surface area (Å²) in [5.41, 5.74) is 10.6. The largest absolute Gasteiger partial charge is 0.311 e. The van der Waals surface area contributed by atoms with Crippen LogP contribution in [0.2, 0.25) is 0 Å². The van der Waals surface area contributed by atoms with E-state index in [0.29, 0.717) is 0 Å². The fourth-order valence-corrected chi connectivity index (χ4v) is 4.29. The van der Waals surface area contributed by atoms with E-state index < -0.39 is 0 Å². The molecule has 5 aromatic carbocycles. The van der Waals surface area contributed by atoms with Gasteiger partial charge in [-0.25, -0.2) is 0 Å². The maximum absolute atomic E-state index is 3.88. The molecule has 0 atom stereocenters. The molecule has 34 heavy (non-hydrogen) atoms. The van der Waals surface area contributed by atoms with Gasteiger partial charge in [-0.05, 0) is 77.2 Å². The molecule has 0 aliphatic rings. The number of aryl methyl sites for hydroxylation is 1. The van der Waals surface area contributed by atoms with E-state index in [2.05, 4.69) is 140 Å². The number of para-hydroxylation sites is 1. The van der Waals surface area contributed by atoms with Crippen LogP contribution in [0, 0.1) is 6.92 Å². The Morgan fingerprint density at radius 1 is 0.500 bits per heavy atom. The van der Waals surface area contributed by atoms with E-state index in [0.717, 1.165) is 22.6 Å². The van der Waals surface area contributed by atoms with Crippen LogP contribution in [-0.4, -0.2) is 0 Å². The molecule has 1 heteroatoms. The van der Waals surface area contributed by atoms with Crippen molar-refractivity contribution in [2.75, 3.05) is 4.90 Å². The Hall–Kier alpha value is -4.36. The van der Waals surface area contributed by atoms with Crippen LogP contribution in [0.5, 0.6) is 0 Å². The van der Waals surface area contributed by atoms with Gasteiger partial charge in [0.2, 0.25) is 0 Å². The number of anilines is 3. The SMILES string of the molecule is C=Cc1ccc(N(c2ccccc2)c2ccc(-c3cccc(-c4cccc(C)c4)c3)cc2)cc1. The minimum atomic E-state index is 1.11. The van der Waals surface area contributed by atoms with Gasteiger partial charge in [0.25, 0.3) is 0 Å². The first-order valence-electron chi connectivity index (χ1n) is 11.6. The monoisotopic (exact) mass is 437 g/mol. The average molecular weight is 438 g/mol. The third-order valence-electron chi connectivity index (χ3n) is 6.07. The number of benzene rings is 5. The minimum absolute atomic E-state index is 1.11. The van der Waals surface area contributed by atoms with Crippen molar-refractivity contribution in [2.45, 2.75) is 6.92 Å². The van der Waals surface area contributed by atoms with Gasteiger partial charge in [-0.2, -0.15) is 0 Å². The van der Waals surface area contributed by atoms with E-state index in [-0.39, 0.29) is 0 Å². The quantitative estimate of drug-likeness (QED) is 0.256. The highest BCUT2D eigenvalue weighted by Gasteiger charge is 2.12. The molecule has 0 heterocycles. The normalized spacial score (nSPS) is 10.6. The minimum Gasteiger partial charge on any atom is -0.311 e. The summed E-state index contributed by atoms with van der Waals surface area (Å²) in [5, 5.41) is 0. The summed E-state index contributed by atoms with van der Waals surface area (Å²) in [6.45, 7) is 6.01. The first-order valence-corrected chi connectivity index (χ1v) is 11.6. The van der Waals surface area contributed by atoms with Gasteiger partial charge in [0.15, 0.2) is 0 Å².